The minimum atomic E-state index is -0.926. The van der Waals surface area contributed by atoms with Gasteiger partial charge in [0, 0.05) is 17.0 Å². The molecule has 3 nitrogen and oxygen atoms in total. The highest BCUT2D eigenvalue weighted by Crippen LogP contribution is 2.18. The Morgan fingerprint density at radius 3 is 2.81 bits per heavy atom. The van der Waals surface area contributed by atoms with Crippen molar-refractivity contribution in [1.29, 1.82) is 0 Å². The maximum absolute atomic E-state index is 10.7. The predicted octanol–water partition coefficient (Wildman–Crippen LogP) is 1.68. The summed E-state index contributed by atoms with van der Waals surface area (Å²) in [5.74, 6) is -0.926. The van der Waals surface area contributed by atoms with Crippen LogP contribution in [0.15, 0.2) is 42.5 Å². The summed E-state index contributed by atoms with van der Waals surface area (Å²) in [6.45, 7) is 0. The fourth-order valence-corrected chi connectivity index (χ4v) is 2.07. The second-order valence-electron chi connectivity index (χ2n) is 3.70. The highest BCUT2D eigenvalue weighted by Gasteiger charge is 2.03. The lowest BCUT2D eigenvalue weighted by atomic mass is 10.2. The van der Waals surface area contributed by atoms with Gasteiger partial charge in [-0.25, -0.2) is 4.79 Å². The average Bonchev–Trinajstić information content (AvgIpc) is 2.77. The number of hydrogen-bond acceptors (Lipinski definition) is 1. The zero-order chi connectivity index (χ0) is 11.1. The Hall–Kier alpha value is -2.29. The van der Waals surface area contributed by atoms with E-state index in [0.717, 1.165) is 16.4 Å². The zero-order valence-electron chi connectivity index (χ0n) is 8.42. The van der Waals surface area contributed by atoms with E-state index in [1.807, 2.05) is 40.8 Å². The molecule has 1 aromatic carbocycles. The molecule has 0 radical (unpaired) electrons. The third-order valence-electron chi connectivity index (χ3n) is 2.69. The lowest BCUT2D eigenvalue weighted by molar-refractivity contribution is -0.129. The topological polar surface area (TPSA) is 41.7 Å². The molecule has 0 unspecified atom stereocenters. The number of para-hydroxylation sites is 1. The van der Waals surface area contributed by atoms with E-state index in [0.29, 0.717) is 5.35 Å². The summed E-state index contributed by atoms with van der Waals surface area (Å²) in [5.41, 5.74) is 2.06. The summed E-state index contributed by atoms with van der Waals surface area (Å²) in [4.78, 5) is 10.7. The van der Waals surface area contributed by atoms with Crippen molar-refractivity contribution < 1.29 is 9.90 Å². The fraction of sp³-hybridized carbons (Fsp3) is 0. The van der Waals surface area contributed by atoms with Gasteiger partial charge < -0.3 is 9.51 Å². The molecule has 0 atom stereocenters. The van der Waals surface area contributed by atoms with Gasteiger partial charge in [-0.15, -0.1) is 0 Å². The molecule has 0 amide bonds. The summed E-state index contributed by atoms with van der Waals surface area (Å²) in [5, 5.41) is 10.6. The quantitative estimate of drug-likeness (QED) is 0.665. The Labute approximate surface area is 91.2 Å². The molecule has 0 aliphatic heterocycles. The molecule has 0 aliphatic carbocycles. The van der Waals surface area contributed by atoms with Crippen LogP contribution in [0.25, 0.3) is 22.5 Å². The summed E-state index contributed by atoms with van der Waals surface area (Å²) < 4.78 is 1.95. The van der Waals surface area contributed by atoms with Crippen LogP contribution in [0.1, 0.15) is 0 Å². The maximum atomic E-state index is 10.7. The molecule has 3 heteroatoms. The van der Waals surface area contributed by atoms with E-state index in [4.69, 9.17) is 5.11 Å². The number of aromatic nitrogens is 1. The summed E-state index contributed by atoms with van der Waals surface area (Å²) in [6.07, 6.45) is 1.22. The van der Waals surface area contributed by atoms with E-state index in [9.17, 15) is 4.79 Å². The van der Waals surface area contributed by atoms with Crippen LogP contribution in [-0.4, -0.2) is 15.5 Å². The molecule has 0 fully saturated rings. The molecular formula is C13H9NO2. The molecule has 3 aromatic rings. The first-order valence-corrected chi connectivity index (χ1v) is 4.99. The molecule has 0 aliphatic rings. The normalized spacial score (nSPS) is 12.6. The first kappa shape index (κ1) is 8.97. The van der Waals surface area contributed by atoms with Gasteiger partial charge in [-0.1, -0.05) is 18.2 Å². The van der Waals surface area contributed by atoms with Crippen LogP contribution >= 0.6 is 0 Å². The van der Waals surface area contributed by atoms with E-state index in [2.05, 4.69) is 6.07 Å². The standard InChI is InChI=1S/C13H9NO2/c15-13(16)8-11-6-5-10-7-9-3-1-2-4-12(9)14(10)11/h1-8H,(H,15,16). The summed E-state index contributed by atoms with van der Waals surface area (Å²) in [6, 6.07) is 13.7. The molecule has 0 saturated carbocycles. The first-order valence-electron chi connectivity index (χ1n) is 4.99. The number of fused-ring (bicyclic) bond motifs is 3. The van der Waals surface area contributed by atoms with Gasteiger partial charge in [0.2, 0.25) is 0 Å². The number of aliphatic carboxylic acids is 1. The highest BCUT2D eigenvalue weighted by molar-refractivity contribution is 5.98. The van der Waals surface area contributed by atoms with Gasteiger partial charge in [0.25, 0.3) is 0 Å². The van der Waals surface area contributed by atoms with Crippen molar-refractivity contribution in [3.63, 3.8) is 0 Å². The highest BCUT2D eigenvalue weighted by atomic mass is 16.4. The average molecular weight is 211 g/mol. The van der Waals surface area contributed by atoms with E-state index in [1.54, 1.807) is 0 Å². The molecule has 78 valence electrons. The van der Waals surface area contributed by atoms with Crippen molar-refractivity contribution in [2.24, 2.45) is 0 Å². The third-order valence-corrected chi connectivity index (χ3v) is 2.69. The second kappa shape index (κ2) is 3.10. The minimum absolute atomic E-state index is 0.698. The van der Waals surface area contributed by atoms with Gasteiger partial charge in [-0.05, 0) is 24.3 Å². The molecule has 1 N–H and O–H groups in total. The number of carboxylic acids is 1. The number of carbonyl (C=O) groups is 1. The zero-order valence-corrected chi connectivity index (χ0v) is 8.42. The Kier molecular flexibility index (Phi) is 1.74. The number of rotatable bonds is 1. The van der Waals surface area contributed by atoms with Crippen molar-refractivity contribution >= 4 is 28.5 Å². The van der Waals surface area contributed by atoms with Gasteiger partial charge in [-0.2, -0.15) is 0 Å². The third kappa shape index (κ3) is 1.18. The predicted molar refractivity (Wildman–Crippen MR) is 62.2 cm³/mol. The summed E-state index contributed by atoms with van der Waals surface area (Å²) >= 11 is 0. The first-order chi connectivity index (χ1) is 7.75. The lowest BCUT2D eigenvalue weighted by Crippen LogP contribution is -2.09. The smallest absolute Gasteiger partial charge is 0.330 e. The van der Waals surface area contributed by atoms with Crippen molar-refractivity contribution in [3.05, 3.63) is 47.8 Å². The van der Waals surface area contributed by atoms with Crippen molar-refractivity contribution in [1.82, 2.24) is 4.40 Å². The molecule has 16 heavy (non-hydrogen) atoms. The molecule has 0 saturated heterocycles. The molecular weight excluding hydrogens is 202 g/mol. The van der Waals surface area contributed by atoms with Gasteiger partial charge in [0.05, 0.1) is 10.9 Å². The number of nitrogens with zero attached hydrogens (tertiary/aromatic N) is 1. The van der Waals surface area contributed by atoms with E-state index in [1.165, 1.54) is 6.08 Å². The summed E-state index contributed by atoms with van der Waals surface area (Å²) in [7, 11) is 0. The molecule has 0 bridgehead atoms. The van der Waals surface area contributed by atoms with Gasteiger partial charge in [0.15, 0.2) is 0 Å². The Morgan fingerprint density at radius 1 is 1.19 bits per heavy atom. The number of carboxylic acid groups (broad SMARTS) is 1. The lowest BCUT2D eigenvalue weighted by Gasteiger charge is -1.92. The van der Waals surface area contributed by atoms with Gasteiger partial charge in [0.1, 0.15) is 0 Å². The molecule has 2 heterocycles. The second-order valence-corrected chi connectivity index (χ2v) is 3.70. The van der Waals surface area contributed by atoms with Crippen molar-refractivity contribution in [3.8, 4) is 0 Å². The van der Waals surface area contributed by atoms with Crippen LogP contribution in [0, 0.1) is 0 Å². The Bertz CT molecular complexity index is 740. The largest absolute Gasteiger partial charge is 0.478 e. The number of benzene rings is 1. The van der Waals surface area contributed by atoms with Crippen molar-refractivity contribution in [2.45, 2.75) is 0 Å². The number of hydrogen-bond donors (Lipinski definition) is 1. The van der Waals surface area contributed by atoms with Crippen LogP contribution in [0.2, 0.25) is 0 Å². The van der Waals surface area contributed by atoms with Gasteiger partial charge >= 0.3 is 5.97 Å². The Morgan fingerprint density at radius 2 is 2.00 bits per heavy atom. The fourth-order valence-electron chi connectivity index (χ4n) is 2.07. The maximum Gasteiger partial charge on any atom is 0.330 e. The van der Waals surface area contributed by atoms with Crippen molar-refractivity contribution in [2.75, 3.05) is 0 Å². The molecule has 2 aromatic heterocycles. The van der Waals surface area contributed by atoms with E-state index >= 15 is 0 Å². The monoisotopic (exact) mass is 211 g/mol. The minimum Gasteiger partial charge on any atom is -0.478 e. The van der Waals surface area contributed by atoms with Crippen LogP contribution in [0.4, 0.5) is 0 Å². The van der Waals surface area contributed by atoms with Crippen LogP contribution in [-0.2, 0) is 4.79 Å². The Balaban J connectivity index is 2.52. The molecule has 0 spiro atoms. The van der Waals surface area contributed by atoms with Crippen LogP contribution in [0.5, 0.6) is 0 Å². The SMILES string of the molecule is O=C(O)C=c1ccc2cc3ccccc3n12. The van der Waals surface area contributed by atoms with Gasteiger partial charge in [-0.3, -0.25) is 0 Å². The van der Waals surface area contributed by atoms with Crippen LogP contribution < -0.4 is 5.35 Å². The van der Waals surface area contributed by atoms with E-state index in [-0.39, 0.29) is 0 Å². The van der Waals surface area contributed by atoms with Crippen LogP contribution in [0.3, 0.4) is 0 Å². The van der Waals surface area contributed by atoms with E-state index < -0.39 is 5.97 Å². The molecule has 3 rings (SSSR count).